The summed E-state index contributed by atoms with van der Waals surface area (Å²) in [5.41, 5.74) is -4.09. The quantitative estimate of drug-likeness (QED) is 0.185. The molecule has 13 heteroatoms. The van der Waals surface area contributed by atoms with Gasteiger partial charge in [0.15, 0.2) is 17.2 Å². The van der Waals surface area contributed by atoms with Gasteiger partial charge in [0.2, 0.25) is 5.88 Å². The number of phenols is 1. The maximum absolute atomic E-state index is 17.1. The number of fused-ring (bicyclic) bond motifs is 5. The highest BCUT2D eigenvalue weighted by molar-refractivity contribution is 6.04. The van der Waals surface area contributed by atoms with Crippen LogP contribution in [0.25, 0.3) is 32.9 Å². The molecule has 4 aromatic rings. The maximum atomic E-state index is 17.1. The van der Waals surface area contributed by atoms with E-state index in [1.54, 1.807) is 0 Å². The number of hydrogen-bond donors (Lipinski definition) is 2. The third kappa shape index (κ3) is 5.01. The Morgan fingerprint density at radius 2 is 1.82 bits per heavy atom. The van der Waals surface area contributed by atoms with Crippen LogP contribution in [-0.4, -0.2) is 94.8 Å². The van der Waals surface area contributed by atoms with E-state index in [4.69, 9.17) is 20.9 Å². The van der Waals surface area contributed by atoms with Crippen LogP contribution in [0, 0.1) is 29.4 Å². The number of aromatic nitrogens is 3. The fourth-order valence-electron chi connectivity index (χ4n) is 8.48. The van der Waals surface area contributed by atoms with Gasteiger partial charge in [0.05, 0.1) is 19.3 Å². The Morgan fingerprint density at radius 1 is 1.04 bits per heavy atom. The standard InChI is InChI=1S/C37H36F4N6O3/c1-3-24-26(38)7-4-20-12-23(48)13-25(27(20)24)30-29(39)31-28(33(43-30)49-2)32(47-14-21-5-6-22(15-47)42-21)45-34(44-31)50-19-35(8-9-35)17-46-11-10-36(40)16-37(36,41)18-46/h1,4,7,12-13,21-22,42,48H,5-6,8-11,14-19H2,2H3. The summed E-state index contributed by atoms with van der Waals surface area (Å²) in [5.74, 6) is 1.13. The van der Waals surface area contributed by atoms with Gasteiger partial charge in [-0.1, -0.05) is 12.0 Å². The number of piperidine rings is 1. The summed E-state index contributed by atoms with van der Waals surface area (Å²) < 4.78 is 73.5. The molecule has 4 atom stereocenters. The zero-order valence-electron chi connectivity index (χ0n) is 27.5. The number of hydrogen-bond acceptors (Lipinski definition) is 9. The lowest BCUT2D eigenvalue weighted by Crippen LogP contribution is -2.51. The van der Waals surface area contributed by atoms with Crippen molar-refractivity contribution in [3.63, 3.8) is 0 Å². The summed E-state index contributed by atoms with van der Waals surface area (Å²) in [6.45, 7) is 2.59. The highest BCUT2D eigenvalue weighted by Gasteiger charge is 2.72. The van der Waals surface area contributed by atoms with Gasteiger partial charge in [-0.05, 0) is 55.7 Å². The van der Waals surface area contributed by atoms with Crippen LogP contribution in [-0.2, 0) is 0 Å². The van der Waals surface area contributed by atoms with Crippen molar-refractivity contribution in [1.82, 2.24) is 25.2 Å². The lowest BCUT2D eigenvalue weighted by molar-refractivity contribution is 0.0417. The fraction of sp³-hybridized carbons (Fsp3) is 0.486. The lowest BCUT2D eigenvalue weighted by Gasteiger charge is -2.34. The van der Waals surface area contributed by atoms with Gasteiger partial charge in [0, 0.05) is 67.6 Å². The van der Waals surface area contributed by atoms with Crippen LogP contribution in [0.3, 0.4) is 0 Å². The first kappa shape index (κ1) is 31.6. The van der Waals surface area contributed by atoms with E-state index in [0.29, 0.717) is 37.4 Å². The fourth-order valence-corrected chi connectivity index (χ4v) is 8.48. The summed E-state index contributed by atoms with van der Waals surface area (Å²) in [5, 5.41) is 15.1. The number of aromatic hydroxyl groups is 1. The van der Waals surface area contributed by atoms with Crippen molar-refractivity contribution in [2.24, 2.45) is 5.41 Å². The number of rotatable bonds is 8. The monoisotopic (exact) mass is 688 g/mol. The van der Waals surface area contributed by atoms with Crippen molar-refractivity contribution in [3.05, 3.63) is 41.5 Å². The first-order valence-corrected chi connectivity index (χ1v) is 17.1. The number of ether oxygens (including phenoxy) is 2. The Labute approximate surface area is 286 Å². The number of anilines is 1. The average molecular weight is 689 g/mol. The highest BCUT2D eigenvalue weighted by atomic mass is 19.2. The van der Waals surface area contributed by atoms with Crippen molar-refractivity contribution in [2.75, 3.05) is 51.3 Å². The van der Waals surface area contributed by atoms with Gasteiger partial charge in [-0.25, -0.2) is 22.5 Å². The van der Waals surface area contributed by atoms with Gasteiger partial charge in [-0.15, -0.1) is 6.42 Å². The molecule has 2 bridgehead atoms. The van der Waals surface area contributed by atoms with Gasteiger partial charge in [-0.3, -0.25) is 4.90 Å². The molecule has 50 heavy (non-hydrogen) atoms. The van der Waals surface area contributed by atoms with Crippen molar-refractivity contribution in [3.8, 4) is 41.2 Å². The zero-order chi connectivity index (χ0) is 34.6. The van der Waals surface area contributed by atoms with Gasteiger partial charge < -0.3 is 24.8 Å². The smallest absolute Gasteiger partial charge is 0.319 e. The third-order valence-electron chi connectivity index (χ3n) is 11.4. The van der Waals surface area contributed by atoms with Crippen molar-refractivity contribution < 1.29 is 32.1 Å². The van der Waals surface area contributed by atoms with Crippen LogP contribution in [0.15, 0.2) is 24.3 Å². The molecule has 5 heterocycles. The van der Waals surface area contributed by atoms with Crippen LogP contribution in [0.4, 0.5) is 23.4 Å². The van der Waals surface area contributed by atoms with E-state index in [9.17, 15) is 18.3 Å². The minimum atomic E-state index is -1.77. The van der Waals surface area contributed by atoms with Crippen LogP contribution >= 0.6 is 0 Å². The maximum Gasteiger partial charge on any atom is 0.319 e. The summed E-state index contributed by atoms with van der Waals surface area (Å²) in [6.07, 6.45) is 9.56. The number of phenolic OH excluding ortho intramolecular Hbond substituents is 1. The number of halogens is 4. The number of nitrogens with zero attached hydrogens (tertiary/aromatic N) is 5. The summed E-state index contributed by atoms with van der Waals surface area (Å²) in [7, 11) is 1.42. The SMILES string of the molecule is C#Cc1c(F)ccc2cc(O)cc(-c3nc(OC)c4c(N5CC6CCC(C5)N6)nc(OCC5(CN6CCC7(F)CC7(F)C6)CC5)nc4c3F)c12. The van der Waals surface area contributed by atoms with Crippen molar-refractivity contribution in [1.29, 1.82) is 0 Å². The van der Waals surface area contributed by atoms with E-state index in [1.807, 2.05) is 4.90 Å². The Kier molecular flexibility index (Phi) is 6.97. The van der Waals surface area contributed by atoms with Gasteiger partial charge in [0.25, 0.3) is 0 Å². The summed E-state index contributed by atoms with van der Waals surface area (Å²) in [6, 6.07) is 5.79. The molecular formula is C37H36F4N6O3. The number of terminal acetylenes is 1. The molecule has 5 aliphatic rings. The first-order valence-electron chi connectivity index (χ1n) is 17.1. The number of nitrogens with one attached hydrogen (secondary N) is 1. The van der Waals surface area contributed by atoms with Crippen LogP contribution in [0.5, 0.6) is 17.6 Å². The number of methoxy groups -OCH3 is 1. The Hall–Kier alpha value is -4.41. The van der Waals surface area contributed by atoms with Crippen LogP contribution in [0.2, 0.25) is 0 Å². The van der Waals surface area contributed by atoms with E-state index in [1.165, 1.54) is 31.4 Å². The largest absolute Gasteiger partial charge is 0.508 e. The molecule has 2 saturated carbocycles. The lowest BCUT2D eigenvalue weighted by atomic mass is 9.95. The number of alkyl halides is 2. The minimum absolute atomic E-state index is 0.0370. The van der Waals surface area contributed by atoms with Crippen molar-refractivity contribution in [2.45, 2.75) is 61.9 Å². The Bertz CT molecular complexity index is 2110. The van der Waals surface area contributed by atoms with E-state index < -0.39 is 23.0 Å². The molecule has 260 valence electrons. The molecule has 2 aromatic heterocycles. The molecule has 0 amide bonds. The molecule has 2 aliphatic carbocycles. The Balaban J connectivity index is 1.14. The molecule has 0 radical (unpaired) electrons. The van der Waals surface area contributed by atoms with Gasteiger partial charge in [0.1, 0.15) is 34.0 Å². The van der Waals surface area contributed by atoms with Crippen LogP contribution < -0.4 is 19.7 Å². The average Bonchev–Trinajstić information content (AvgIpc) is 3.95. The zero-order valence-corrected chi connectivity index (χ0v) is 27.5. The van der Waals surface area contributed by atoms with Gasteiger partial charge in [-0.2, -0.15) is 9.97 Å². The predicted octanol–water partition coefficient (Wildman–Crippen LogP) is 5.44. The molecule has 9 nitrogen and oxygen atoms in total. The number of pyridine rings is 1. The molecule has 9 rings (SSSR count). The van der Waals surface area contributed by atoms with Crippen LogP contribution in [0.1, 0.15) is 44.1 Å². The molecule has 5 fully saturated rings. The summed E-state index contributed by atoms with van der Waals surface area (Å²) in [4.78, 5) is 18.1. The van der Waals surface area contributed by atoms with Gasteiger partial charge >= 0.3 is 6.01 Å². The molecule has 3 saturated heterocycles. The second kappa shape index (κ2) is 11.0. The van der Waals surface area contributed by atoms with E-state index in [0.717, 1.165) is 25.7 Å². The number of likely N-dealkylation sites (tertiary alicyclic amines) is 1. The second-order valence-corrected chi connectivity index (χ2v) is 14.9. The molecular weight excluding hydrogens is 652 g/mol. The number of benzene rings is 2. The normalized spacial score (nSPS) is 28.0. The second-order valence-electron chi connectivity index (χ2n) is 14.9. The van der Waals surface area contributed by atoms with E-state index in [-0.39, 0.29) is 94.2 Å². The Morgan fingerprint density at radius 3 is 2.52 bits per heavy atom. The molecule has 2 N–H and O–H groups in total. The molecule has 0 spiro atoms. The highest BCUT2D eigenvalue weighted by Crippen LogP contribution is 2.60. The molecule has 2 aromatic carbocycles. The predicted molar refractivity (Wildman–Crippen MR) is 179 cm³/mol. The first-order chi connectivity index (χ1) is 24.0. The topological polar surface area (TPSA) is 95.9 Å². The van der Waals surface area contributed by atoms with E-state index in [2.05, 4.69) is 26.1 Å². The third-order valence-corrected chi connectivity index (χ3v) is 11.4. The van der Waals surface area contributed by atoms with E-state index >= 15 is 4.39 Å². The minimum Gasteiger partial charge on any atom is -0.508 e. The summed E-state index contributed by atoms with van der Waals surface area (Å²) >= 11 is 0. The number of piperazine rings is 1. The molecule has 4 unspecified atom stereocenters. The van der Waals surface area contributed by atoms with Crippen molar-refractivity contribution >= 4 is 27.5 Å². The molecule has 3 aliphatic heterocycles.